The van der Waals surface area contributed by atoms with E-state index in [9.17, 15) is 14.7 Å². The molecule has 0 bridgehead atoms. The van der Waals surface area contributed by atoms with Crippen LogP contribution in [0.3, 0.4) is 0 Å². The Morgan fingerprint density at radius 3 is 2.82 bits per heavy atom. The number of guanidine groups is 2. The minimum Gasteiger partial charge on any atom is -0.396 e. The SMILES string of the molecule is CC(=O)NC(=O)N=CCC1=CC2N=C(NC(CCO)c3ccccc3)NC(=NC3CC3)N2N=C1. The number of aliphatic hydroxyl groups excluding tert-OH is 1. The summed E-state index contributed by atoms with van der Waals surface area (Å²) in [6, 6.07) is 9.33. The first kappa shape index (κ1) is 23.3. The van der Waals surface area contributed by atoms with Gasteiger partial charge in [0.15, 0.2) is 6.17 Å². The van der Waals surface area contributed by atoms with Gasteiger partial charge in [0.2, 0.25) is 17.8 Å². The summed E-state index contributed by atoms with van der Waals surface area (Å²) in [5.41, 5.74) is 1.87. The predicted octanol–water partition coefficient (Wildman–Crippen LogP) is 1.45. The van der Waals surface area contributed by atoms with Gasteiger partial charge in [-0.3, -0.25) is 15.4 Å². The first-order valence-corrected chi connectivity index (χ1v) is 11.2. The Morgan fingerprint density at radius 2 is 2.12 bits per heavy atom. The molecule has 1 aromatic carbocycles. The van der Waals surface area contributed by atoms with Gasteiger partial charge in [0.1, 0.15) is 0 Å². The molecular weight excluding hydrogens is 436 g/mol. The molecule has 2 aliphatic heterocycles. The number of amides is 3. The number of nitrogens with zero attached hydrogens (tertiary/aromatic N) is 5. The Bertz CT molecular complexity index is 1060. The van der Waals surface area contributed by atoms with Crippen LogP contribution in [0.15, 0.2) is 62.1 Å². The van der Waals surface area contributed by atoms with Crippen LogP contribution in [0.2, 0.25) is 0 Å². The third-order valence-electron chi connectivity index (χ3n) is 5.27. The number of nitrogens with one attached hydrogen (secondary N) is 3. The third kappa shape index (κ3) is 6.35. The summed E-state index contributed by atoms with van der Waals surface area (Å²) in [4.78, 5) is 35.7. The van der Waals surface area contributed by atoms with Gasteiger partial charge in [0, 0.05) is 26.2 Å². The fourth-order valence-corrected chi connectivity index (χ4v) is 3.49. The molecular formula is C23H28N8O3. The van der Waals surface area contributed by atoms with Gasteiger partial charge in [-0.15, -0.1) is 0 Å². The zero-order valence-corrected chi connectivity index (χ0v) is 18.9. The molecule has 3 aliphatic rings. The highest BCUT2D eigenvalue weighted by Gasteiger charge is 2.32. The van der Waals surface area contributed by atoms with Crippen molar-refractivity contribution in [2.75, 3.05) is 6.61 Å². The monoisotopic (exact) mass is 464 g/mol. The Morgan fingerprint density at radius 1 is 1.32 bits per heavy atom. The molecule has 34 heavy (non-hydrogen) atoms. The molecule has 1 aromatic rings. The van der Waals surface area contributed by atoms with Gasteiger partial charge in [0.25, 0.3) is 0 Å². The summed E-state index contributed by atoms with van der Waals surface area (Å²) >= 11 is 0. The largest absolute Gasteiger partial charge is 0.396 e. The van der Waals surface area contributed by atoms with Crippen LogP contribution in [0.25, 0.3) is 0 Å². The van der Waals surface area contributed by atoms with E-state index in [4.69, 9.17) is 9.98 Å². The number of rotatable bonds is 7. The van der Waals surface area contributed by atoms with Crippen LogP contribution in [0.1, 0.15) is 44.2 Å². The lowest BCUT2D eigenvalue weighted by Gasteiger charge is -2.34. The van der Waals surface area contributed by atoms with E-state index in [0.29, 0.717) is 24.8 Å². The average Bonchev–Trinajstić information content (AvgIpc) is 3.63. The second kappa shape index (κ2) is 10.8. The average molecular weight is 465 g/mol. The van der Waals surface area contributed by atoms with E-state index in [2.05, 4.69) is 26.0 Å². The van der Waals surface area contributed by atoms with Crippen molar-refractivity contribution in [3.8, 4) is 0 Å². The Labute approximate surface area is 197 Å². The number of hydrogen-bond acceptors (Lipinski definition) is 7. The summed E-state index contributed by atoms with van der Waals surface area (Å²) in [5.74, 6) is 0.699. The molecule has 11 nitrogen and oxygen atoms in total. The van der Waals surface area contributed by atoms with Crippen LogP contribution in [0.4, 0.5) is 4.79 Å². The second-order valence-electron chi connectivity index (χ2n) is 8.15. The van der Waals surface area contributed by atoms with E-state index < -0.39 is 18.1 Å². The first-order valence-electron chi connectivity index (χ1n) is 11.2. The van der Waals surface area contributed by atoms with Gasteiger partial charge in [-0.25, -0.2) is 24.8 Å². The summed E-state index contributed by atoms with van der Waals surface area (Å²) in [6.45, 7) is 1.28. The van der Waals surface area contributed by atoms with E-state index in [0.717, 1.165) is 24.0 Å². The predicted molar refractivity (Wildman–Crippen MR) is 130 cm³/mol. The maximum Gasteiger partial charge on any atom is 0.347 e. The van der Waals surface area contributed by atoms with Crippen LogP contribution in [-0.2, 0) is 4.79 Å². The van der Waals surface area contributed by atoms with Crippen molar-refractivity contribution in [2.45, 2.75) is 50.9 Å². The second-order valence-corrected chi connectivity index (χ2v) is 8.15. The molecule has 0 radical (unpaired) electrons. The highest BCUT2D eigenvalue weighted by Crippen LogP contribution is 2.26. The van der Waals surface area contributed by atoms with E-state index in [1.54, 1.807) is 11.2 Å². The lowest BCUT2D eigenvalue weighted by Crippen LogP contribution is -2.56. The van der Waals surface area contributed by atoms with E-state index >= 15 is 0 Å². The number of benzene rings is 1. The Hall–Kier alpha value is -3.86. The Balaban J connectivity index is 1.52. The fraction of sp³-hybridized carbons (Fsp3) is 0.391. The van der Waals surface area contributed by atoms with Crippen molar-refractivity contribution in [1.29, 1.82) is 0 Å². The molecule has 1 saturated carbocycles. The number of allylic oxidation sites excluding steroid dienone is 1. The maximum absolute atomic E-state index is 11.5. The number of fused-ring (bicyclic) bond motifs is 1. The van der Waals surface area contributed by atoms with Gasteiger partial charge >= 0.3 is 6.03 Å². The molecule has 0 aromatic heterocycles. The van der Waals surface area contributed by atoms with Crippen LogP contribution >= 0.6 is 0 Å². The van der Waals surface area contributed by atoms with E-state index in [1.165, 1.54) is 13.1 Å². The normalized spacial score (nSPS) is 21.4. The Kier molecular flexibility index (Phi) is 7.43. The summed E-state index contributed by atoms with van der Waals surface area (Å²) in [6.07, 6.45) is 7.59. The molecule has 0 spiro atoms. The molecule has 2 unspecified atom stereocenters. The molecule has 1 aliphatic carbocycles. The van der Waals surface area contributed by atoms with Gasteiger partial charge in [-0.1, -0.05) is 30.3 Å². The first-order chi connectivity index (χ1) is 16.5. The smallest absolute Gasteiger partial charge is 0.347 e. The number of aliphatic imine (C=N–C) groups is 3. The molecule has 11 heteroatoms. The number of carbonyl (C=O) groups is 2. The quantitative estimate of drug-likeness (QED) is 0.450. The number of aliphatic hydroxyl groups is 1. The van der Waals surface area contributed by atoms with Crippen molar-refractivity contribution >= 4 is 36.3 Å². The topological polar surface area (TPSA) is 143 Å². The van der Waals surface area contributed by atoms with Crippen LogP contribution in [0, 0.1) is 0 Å². The van der Waals surface area contributed by atoms with Gasteiger partial charge in [0.05, 0.1) is 18.3 Å². The molecule has 3 amide bonds. The fourth-order valence-electron chi connectivity index (χ4n) is 3.49. The highest BCUT2D eigenvalue weighted by molar-refractivity contribution is 6.02. The minimum atomic E-state index is -0.705. The van der Waals surface area contributed by atoms with Crippen molar-refractivity contribution in [2.24, 2.45) is 20.1 Å². The van der Waals surface area contributed by atoms with Gasteiger partial charge < -0.3 is 10.4 Å². The number of hydrazone groups is 1. The van der Waals surface area contributed by atoms with Crippen LogP contribution in [0.5, 0.6) is 0 Å². The summed E-state index contributed by atoms with van der Waals surface area (Å²) in [7, 11) is 0. The van der Waals surface area contributed by atoms with Crippen molar-refractivity contribution in [3.05, 3.63) is 47.5 Å². The van der Waals surface area contributed by atoms with Gasteiger partial charge in [-0.2, -0.15) is 5.10 Å². The zero-order valence-electron chi connectivity index (χ0n) is 18.9. The minimum absolute atomic E-state index is 0.0311. The summed E-state index contributed by atoms with van der Waals surface area (Å²) < 4.78 is 0. The molecule has 4 rings (SSSR count). The molecule has 1 fully saturated rings. The lowest BCUT2D eigenvalue weighted by molar-refractivity contribution is -0.117. The van der Waals surface area contributed by atoms with E-state index in [1.807, 2.05) is 36.4 Å². The lowest BCUT2D eigenvalue weighted by atomic mass is 10.0. The van der Waals surface area contributed by atoms with Crippen LogP contribution in [-0.4, -0.2) is 65.2 Å². The number of urea groups is 1. The van der Waals surface area contributed by atoms with Crippen molar-refractivity contribution < 1.29 is 14.7 Å². The summed E-state index contributed by atoms with van der Waals surface area (Å²) in [5, 5.41) is 24.5. The maximum atomic E-state index is 11.5. The van der Waals surface area contributed by atoms with Crippen molar-refractivity contribution in [3.63, 3.8) is 0 Å². The number of hydrogen-bond donors (Lipinski definition) is 4. The zero-order chi connectivity index (χ0) is 23.9. The van der Waals surface area contributed by atoms with Crippen molar-refractivity contribution in [1.82, 2.24) is 21.0 Å². The molecule has 2 atom stereocenters. The number of carbonyl (C=O) groups excluding carboxylic acids is 2. The van der Waals surface area contributed by atoms with E-state index in [-0.39, 0.29) is 18.7 Å². The van der Waals surface area contributed by atoms with Gasteiger partial charge in [-0.05, 0) is 36.5 Å². The highest BCUT2D eigenvalue weighted by atomic mass is 16.3. The number of imide groups is 1. The standard InChI is InChI=1S/C23H28N8O3/c1-15(33)26-23(34)24-11-9-16-13-20-29-21(28-19(10-12-32)17-5-3-2-4-6-17)30-22(27-18-7-8-18)31(20)25-14-16/h2-6,11,13-14,18-20,32H,7-10,12H2,1H3,(H,26,33,34)(H2,27,28,29,30). The third-order valence-corrected chi connectivity index (χ3v) is 5.27. The molecule has 0 saturated heterocycles. The molecule has 178 valence electrons. The van der Waals surface area contributed by atoms with Crippen LogP contribution < -0.4 is 16.0 Å². The molecule has 4 N–H and O–H groups in total. The molecule has 2 heterocycles.